The second-order valence-electron chi connectivity index (χ2n) is 16.0. The van der Waals surface area contributed by atoms with E-state index in [1.165, 1.54) is 0 Å². The number of hydrogen-bond donors (Lipinski definition) is 2. The van der Waals surface area contributed by atoms with Gasteiger partial charge in [-0.25, -0.2) is 20.0 Å². The van der Waals surface area contributed by atoms with E-state index in [0.717, 1.165) is 38.4 Å². The highest BCUT2D eigenvalue weighted by Crippen LogP contribution is 2.33. The molecular weight excluding hydrogens is 837 g/mol. The largest absolute Gasteiger partial charge is 0.443 e. The number of carbonyl (C=O) groups is 2. The van der Waals surface area contributed by atoms with Gasteiger partial charge in [-0.2, -0.15) is 0 Å². The Hall–Kier alpha value is -6.38. The van der Waals surface area contributed by atoms with Crippen LogP contribution in [-0.2, 0) is 72.8 Å². The quantitative estimate of drug-likeness (QED) is 0.0636. The van der Waals surface area contributed by atoms with Crippen LogP contribution in [0.4, 0.5) is 9.59 Å². The van der Waals surface area contributed by atoms with Gasteiger partial charge in [-0.1, -0.05) is 182 Å². The third kappa shape index (κ3) is 14.8. The molecule has 0 saturated carbocycles. The van der Waals surface area contributed by atoms with Crippen LogP contribution in [-0.4, -0.2) is 72.1 Å². The lowest BCUT2D eigenvalue weighted by Gasteiger charge is -2.46. The monoisotopic (exact) mass is 894 g/mol. The molecule has 0 aliphatic carbocycles. The van der Waals surface area contributed by atoms with Gasteiger partial charge in [-0.05, 0) is 46.2 Å². The van der Waals surface area contributed by atoms with Crippen LogP contribution < -0.4 is 5.43 Å². The lowest BCUT2D eigenvalue weighted by atomic mass is 9.90. The molecule has 1 saturated heterocycles. The molecule has 1 fully saturated rings. The molecule has 2 amide bonds. The van der Waals surface area contributed by atoms with Gasteiger partial charge < -0.3 is 38.3 Å². The number of amides is 2. The predicted molar refractivity (Wildman–Crippen MR) is 248 cm³/mol. The van der Waals surface area contributed by atoms with Crippen molar-refractivity contribution in [3.8, 4) is 0 Å². The molecule has 12 heteroatoms. The Labute approximate surface area is 386 Å². The molecule has 5 unspecified atom stereocenters. The summed E-state index contributed by atoms with van der Waals surface area (Å²) in [6, 6.07) is 57.0. The maximum atomic E-state index is 13.9. The van der Waals surface area contributed by atoms with E-state index in [0.29, 0.717) is 6.61 Å². The van der Waals surface area contributed by atoms with Gasteiger partial charge in [0.2, 0.25) is 0 Å². The van der Waals surface area contributed by atoms with Crippen molar-refractivity contribution in [1.29, 1.82) is 0 Å². The van der Waals surface area contributed by atoms with E-state index in [4.69, 9.17) is 33.2 Å². The molecule has 6 atom stereocenters. The lowest BCUT2D eigenvalue weighted by molar-refractivity contribution is -0.274. The summed E-state index contributed by atoms with van der Waals surface area (Å²) in [5.41, 5.74) is 7.98. The zero-order valence-corrected chi connectivity index (χ0v) is 36.9. The van der Waals surface area contributed by atoms with Gasteiger partial charge >= 0.3 is 12.2 Å². The Balaban J connectivity index is 1.17. The summed E-state index contributed by atoms with van der Waals surface area (Å²) < 4.78 is 45.2. The molecule has 6 aromatic rings. The Morgan fingerprint density at radius 1 is 0.500 bits per heavy atom. The third-order valence-corrected chi connectivity index (χ3v) is 11.2. The fourth-order valence-electron chi connectivity index (χ4n) is 7.70. The first kappa shape index (κ1) is 47.6. The van der Waals surface area contributed by atoms with Gasteiger partial charge in [0.15, 0.2) is 0 Å². The topological polar surface area (TPSA) is 134 Å². The summed E-state index contributed by atoms with van der Waals surface area (Å²) in [5.74, 6) is 0. The van der Waals surface area contributed by atoms with Gasteiger partial charge in [0.1, 0.15) is 37.6 Å². The highest BCUT2D eigenvalue weighted by Gasteiger charge is 2.48. The average molecular weight is 895 g/mol. The first-order chi connectivity index (χ1) is 32.5. The van der Waals surface area contributed by atoms with E-state index in [1.807, 2.05) is 182 Å². The van der Waals surface area contributed by atoms with Crippen molar-refractivity contribution in [3.63, 3.8) is 0 Å². The number of nitrogens with one attached hydrogen (secondary N) is 1. The van der Waals surface area contributed by atoms with E-state index < -0.39 is 55.4 Å². The van der Waals surface area contributed by atoms with Gasteiger partial charge in [0.05, 0.1) is 51.8 Å². The molecule has 66 heavy (non-hydrogen) atoms. The number of hydrogen-bond acceptors (Lipinski definition) is 10. The van der Waals surface area contributed by atoms with Crippen LogP contribution in [0.25, 0.3) is 0 Å². The van der Waals surface area contributed by atoms with Gasteiger partial charge in [-0.15, -0.1) is 0 Å². The minimum Gasteiger partial charge on any atom is -0.443 e. The van der Waals surface area contributed by atoms with Gasteiger partial charge in [0, 0.05) is 0 Å². The Bertz CT molecular complexity index is 2280. The minimum absolute atomic E-state index is 0.0364. The molecule has 0 radical (unpaired) electrons. The maximum absolute atomic E-state index is 13.9. The first-order valence-corrected chi connectivity index (χ1v) is 22.3. The molecule has 2 N–H and O–H groups in total. The molecule has 7 rings (SSSR count). The fourth-order valence-corrected chi connectivity index (χ4v) is 7.70. The molecule has 1 heterocycles. The number of carbonyl (C=O) groups excluding carboxylic acids is 2. The summed E-state index contributed by atoms with van der Waals surface area (Å²) in [4.78, 5) is 27.2. The summed E-state index contributed by atoms with van der Waals surface area (Å²) in [7, 11) is 0. The second-order valence-corrected chi connectivity index (χ2v) is 16.0. The Morgan fingerprint density at radius 3 is 1.32 bits per heavy atom. The van der Waals surface area contributed by atoms with Crippen molar-refractivity contribution in [2.24, 2.45) is 0 Å². The van der Waals surface area contributed by atoms with Crippen molar-refractivity contribution in [1.82, 2.24) is 10.4 Å². The fraction of sp³-hybridized carbons (Fsp3) is 0.296. The number of hydrazine groups is 1. The molecule has 6 aromatic carbocycles. The standard InChI is InChI=1S/C54H58N2O10/c57-33-47(56(54(59)65-39-46-29-17-6-18-30-46)55-53(58)64-38-45-27-15-5-16-28-45)31-32-48-50(61-35-42-21-9-2-10-22-42)52(63-37-44-25-13-4-14-26-44)51(62-36-43-23-11-3-12-24-43)49(66-48)40-60-34-41-19-7-1-8-20-41/h1-30,47-52,57H,31-40H2,(H,55,58)/t47-,48?,49?,50?,51?,52?/m0/s1. The molecule has 1 aliphatic heterocycles. The summed E-state index contributed by atoms with van der Waals surface area (Å²) >= 11 is 0. The van der Waals surface area contributed by atoms with Crippen LogP contribution in [0.15, 0.2) is 182 Å². The van der Waals surface area contributed by atoms with Crippen LogP contribution in [0.5, 0.6) is 0 Å². The third-order valence-electron chi connectivity index (χ3n) is 11.2. The molecule has 0 aromatic heterocycles. The zero-order valence-electron chi connectivity index (χ0n) is 36.9. The summed E-state index contributed by atoms with van der Waals surface area (Å²) in [6.07, 6.45) is -4.71. The highest BCUT2D eigenvalue weighted by molar-refractivity contribution is 5.74. The number of rotatable bonds is 22. The van der Waals surface area contributed by atoms with E-state index >= 15 is 0 Å². The smallest absolute Gasteiger partial charge is 0.429 e. The summed E-state index contributed by atoms with van der Waals surface area (Å²) in [5, 5.41) is 12.0. The predicted octanol–water partition coefficient (Wildman–Crippen LogP) is 9.35. The van der Waals surface area contributed by atoms with Crippen molar-refractivity contribution in [2.45, 2.75) is 89.0 Å². The Kier molecular flexibility index (Phi) is 18.7. The number of ether oxygens (including phenoxy) is 7. The van der Waals surface area contributed by atoms with Crippen LogP contribution in [0.2, 0.25) is 0 Å². The van der Waals surface area contributed by atoms with Gasteiger partial charge in [-0.3, -0.25) is 0 Å². The molecular formula is C54H58N2O10. The van der Waals surface area contributed by atoms with Crippen molar-refractivity contribution >= 4 is 12.2 Å². The van der Waals surface area contributed by atoms with Crippen molar-refractivity contribution in [2.75, 3.05) is 13.2 Å². The van der Waals surface area contributed by atoms with E-state index in [2.05, 4.69) is 5.43 Å². The second kappa shape index (κ2) is 25.9. The van der Waals surface area contributed by atoms with E-state index in [1.54, 1.807) is 0 Å². The SMILES string of the molecule is O=C(NN(C(=O)OCc1ccccc1)[C@H](CO)CCC1OC(COCc2ccccc2)C(OCc2ccccc2)C(OCc2ccccc2)C1OCc1ccccc1)OCc1ccccc1. The molecule has 344 valence electrons. The summed E-state index contributed by atoms with van der Waals surface area (Å²) in [6.45, 7) is 0.675. The first-order valence-electron chi connectivity index (χ1n) is 22.3. The average Bonchev–Trinajstić information content (AvgIpc) is 3.37. The van der Waals surface area contributed by atoms with Crippen LogP contribution in [0, 0.1) is 0 Å². The van der Waals surface area contributed by atoms with E-state index in [-0.39, 0.29) is 52.5 Å². The molecule has 1 aliphatic rings. The van der Waals surface area contributed by atoms with Gasteiger partial charge in [0.25, 0.3) is 0 Å². The van der Waals surface area contributed by atoms with Crippen molar-refractivity contribution in [3.05, 3.63) is 215 Å². The molecule has 0 spiro atoms. The number of nitrogens with zero attached hydrogens (tertiary/aromatic N) is 1. The highest BCUT2D eigenvalue weighted by atomic mass is 16.6. The van der Waals surface area contributed by atoms with Crippen LogP contribution in [0.1, 0.15) is 46.2 Å². The minimum atomic E-state index is -0.973. The molecule has 12 nitrogen and oxygen atoms in total. The number of aliphatic hydroxyl groups is 1. The lowest BCUT2D eigenvalue weighted by Crippen LogP contribution is -2.61. The molecule has 0 bridgehead atoms. The van der Waals surface area contributed by atoms with Crippen LogP contribution >= 0.6 is 0 Å². The number of benzene rings is 6. The maximum Gasteiger partial charge on any atom is 0.429 e. The Morgan fingerprint density at radius 2 is 0.879 bits per heavy atom. The van der Waals surface area contributed by atoms with Crippen molar-refractivity contribution < 1.29 is 47.9 Å². The van der Waals surface area contributed by atoms with E-state index in [9.17, 15) is 14.7 Å². The zero-order chi connectivity index (χ0) is 45.6. The normalized spacial score (nSPS) is 18.5. The number of aliphatic hydroxyl groups excluding tert-OH is 1. The van der Waals surface area contributed by atoms with Crippen LogP contribution in [0.3, 0.4) is 0 Å².